The van der Waals surface area contributed by atoms with E-state index in [1.807, 2.05) is 34.6 Å². The molecule has 2 rings (SSSR count). The molecule has 1 saturated heterocycles. The molecule has 10 nitrogen and oxygen atoms in total. The maximum atomic E-state index is 13.5. The molecule has 0 radical (unpaired) electrons. The number of nitrogens with zero attached hydrogens (tertiary/aromatic N) is 2. The zero-order valence-corrected chi connectivity index (χ0v) is 21.9. The number of benzene rings is 1. The first-order valence-electron chi connectivity index (χ1n) is 11.9. The summed E-state index contributed by atoms with van der Waals surface area (Å²) >= 11 is 0. The first-order valence-corrected chi connectivity index (χ1v) is 11.9. The molecule has 3 amide bonds. The third kappa shape index (κ3) is 8.31. The molecule has 10 heteroatoms. The van der Waals surface area contributed by atoms with E-state index in [2.05, 4.69) is 5.32 Å². The fraction of sp³-hybridized carbons (Fsp3) is 0.640. The highest BCUT2D eigenvalue weighted by Crippen LogP contribution is 2.29. The highest BCUT2D eigenvalue weighted by molar-refractivity contribution is 5.95. The second-order valence-corrected chi connectivity index (χ2v) is 10.1. The van der Waals surface area contributed by atoms with Crippen LogP contribution in [-0.4, -0.2) is 85.3 Å². The lowest BCUT2D eigenvalue weighted by Gasteiger charge is -2.31. The quantitative estimate of drug-likeness (QED) is 0.507. The van der Waals surface area contributed by atoms with E-state index < -0.39 is 11.7 Å². The van der Waals surface area contributed by atoms with Crippen molar-refractivity contribution in [3.05, 3.63) is 23.8 Å². The molecule has 196 valence electrons. The second-order valence-electron chi connectivity index (χ2n) is 10.1. The average Bonchev–Trinajstić information content (AvgIpc) is 3.13. The molecule has 1 aliphatic rings. The lowest BCUT2D eigenvalue weighted by atomic mass is 10.0. The van der Waals surface area contributed by atoms with Crippen LogP contribution in [0.4, 0.5) is 4.79 Å². The number of amides is 3. The number of carbonyl (C=O) groups excluding carboxylic acids is 3. The molecule has 3 N–H and O–H groups in total. The second kappa shape index (κ2) is 12.1. The fourth-order valence-corrected chi connectivity index (χ4v) is 3.82. The summed E-state index contributed by atoms with van der Waals surface area (Å²) in [5, 5.41) is 2.66. The highest BCUT2D eigenvalue weighted by Gasteiger charge is 2.37. The number of nitrogens with one attached hydrogen (secondary N) is 1. The zero-order chi connectivity index (χ0) is 26.3. The number of ether oxygens (including phenoxy) is 3. The molecule has 0 aromatic heterocycles. The van der Waals surface area contributed by atoms with Gasteiger partial charge in [0.1, 0.15) is 12.2 Å². The fourth-order valence-electron chi connectivity index (χ4n) is 3.82. The molecular formula is C25H40N4O6. The molecule has 1 aromatic rings. The number of methoxy groups -OCH3 is 1. The number of nitrogens with two attached hydrogens (primary N) is 1. The lowest BCUT2D eigenvalue weighted by Crippen LogP contribution is -2.44. The van der Waals surface area contributed by atoms with E-state index in [-0.39, 0.29) is 36.4 Å². The third-order valence-electron chi connectivity index (χ3n) is 5.60. The van der Waals surface area contributed by atoms with Crippen molar-refractivity contribution < 1.29 is 28.6 Å². The van der Waals surface area contributed by atoms with Crippen molar-refractivity contribution in [2.75, 3.05) is 39.9 Å². The molecule has 2 atom stereocenters. The topological polar surface area (TPSA) is 123 Å². The molecule has 0 unspecified atom stereocenters. The van der Waals surface area contributed by atoms with Crippen LogP contribution in [0.2, 0.25) is 0 Å². The molecule has 35 heavy (non-hydrogen) atoms. The normalized spacial score (nSPS) is 17.8. The Morgan fingerprint density at radius 1 is 1.20 bits per heavy atom. The summed E-state index contributed by atoms with van der Waals surface area (Å²) in [6, 6.07) is 4.67. The van der Waals surface area contributed by atoms with Gasteiger partial charge in [-0.1, -0.05) is 0 Å². The van der Waals surface area contributed by atoms with Crippen LogP contribution in [0.15, 0.2) is 18.2 Å². The molecule has 0 aliphatic carbocycles. The Morgan fingerprint density at radius 2 is 1.89 bits per heavy atom. The van der Waals surface area contributed by atoms with Gasteiger partial charge in [-0.3, -0.25) is 9.59 Å². The molecule has 0 bridgehead atoms. The van der Waals surface area contributed by atoms with Gasteiger partial charge in [0.25, 0.3) is 5.91 Å². The Hall–Kier alpha value is -3.01. The zero-order valence-electron chi connectivity index (χ0n) is 21.9. The van der Waals surface area contributed by atoms with Gasteiger partial charge < -0.3 is 35.1 Å². The maximum absolute atomic E-state index is 13.5. The third-order valence-corrected chi connectivity index (χ3v) is 5.60. The molecule has 0 spiro atoms. The predicted molar refractivity (Wildman–Crippen MR) is 133 cm³/mol. The maximum Gasteiger partial charge on any atom is 0.410 e. The summed E-state index contributed by atoms with van der Waals surface area (Å²) in [5.74, 6) is 0.512. The minimum absolute atomic E-state index is 0.0829. The van der Waals surface area contributed by atoms with Gasteiger partial charge in [-0.2, -0.15) is 0 Å². The Balaban J connectivity index is 2.12. The SMILES string of the molecule is COc1ccc(C(=O)N(C[C@@H]2CN(C(=O)OC(C)(C)C)C[C@H]2N)C(C)C)cc1OCCNC(C)=O. The van der Waals surface area contributed by atoms with Gasteiger partial charge in [0.15, 0.2) is 11.5 Å². The number of hydrogen-bond donors (Lipinski definition) is 2. The largest absolute Gasteiger partial charge is 0.493 e. The van der Waals surface area contributed by atoms with Gasteiger partial charge in [0.2, 0.25) is 5.91 Å². The van der Waals surface area contributed by atoms with Crippen molar-refractivity contribution in [3.63, 3.8) is 0 Å². The Morgan fingerprint density at radius 3 is 2.46 bits per heavy atom. The Bertz CT molecular complexity index is 898. The number of likely N-dealkylation sites (tertiary alicyclic amines) is 1. The molecule has 0 saturated carbocycles. The van der Waals surface area contributed by atoms with Crippen molar-refractivity contribution in [2.45, 2.75) is 59.2 Å². The van der Waals surface area contributed by atoms with Crippen molar-refractivity contribution in [2.24, 2.45) is 11.7 Å². The summed E-state index contributed by atoms with van der Waals surface area (Å²) < 4.78 is 16.6. The van der Waals surface area contributed by atoms with E-state index in [1.165, 1.54) is 14.0 Å². The van der Waals surface area contributed by atoms with Crippen molar-refractivity contribution in [1.29, 1.82) is 0 Å². The van der Waals surface area contributed by atoms with Gasteiger partial charge in [0.05, 0.1) is 13.7 Å². The standard InChI is InChI=1S/C25H40N4O6/c1-16(2)29(14-19-13-28(15-20(19)26)24(32)35-25(4,5)6)23(31)18-8-9-21(33-7)22(12-18)34-11-10-27-17(3)30/h8-9,12,16,19-20H,10-11,13-15,26H2,1-7H3,(H,27,30)/t19-,20+/m0/s1. The Labute approximate surface area is 208 Å². The van der Waals surface area contributed by atoms with Gasteiger partial charge in [0, 0.05) is 50.1 Å². The Kier molecular flexibility index (Phi) is 9.76. The first-order chi connectivity index (χ1) is 16.3. The number of rotatable bonds is 9. The van der Waals surface area contributed by atoms with Crippen LogP contribution in [0.25, 0.3) is 0 Å². The molecule has 1 aromatic carbocycles. The number of hydrogen-bond acceptors (Lipinski definition) is 7. The summed E-state index contributed by atoms with van der Waals surface area (Å²) in [5.41, 5.74) is 6.22. The highest BCUT2D eigenvalue weighted by atomic mass is 16.6. The molecule has 1 heterocycles. The smallest absolute Gasteiger partial charge is 0.410 e. The minimum atomic E-state index is -0.588. The summed E-state index contributed by atoms with van der Waals surface area (Å²) in [4.78, 5) is 40.4. The van der Waals surface area contributed by atoms with Crippen LogP contribution in [-0.2, 0) is 9.53 Å². The molecule has 1 fully saturated rings. The predicted octanol–water partition coefficient (Wildman–Crippen LogP) is 2.25. The van der Waals surface area contributed by atoms with E-state index in [9.17, 15) is 14.4 Å². The monoisotopic (exact) mass is 492 g/mol. The van der Waals surface area contributed by atoms with Crippen LogP contribution in [0.1, 0.15) is 51.9 Å². The van der Waals surface area contributed by atoms with E-state index in [1.54, 1.807) is 28.0 Å². The van der Waals surface area contributed by atoms with Gasteiger partial charge >= 0.3 is 6.09 Å². The van der Waals surface area contributed by atoms with Gasteiger partial charge in [-0.25, -0.2) is 4.79 Å². The minimum Gasteiger partial charge on any atom is -0.493 e. The lowest BCUT2D eigenvalue weighted by molar-refractivity contribution is -0.119. The average molecular weight is 493 g/mol. The van der Waals surface area contributed by atoms with Crippen LogP contribution < -0.4 is 20.5 Å². The van der Waals surface area contributed by atoms with E-state index in [0.29, 0.717) is 43.2 Å². The van der Waals surface area contributed by atoms with Crippen LogP contribution >= 0.6 is 0 Å². The molecule has 1 aliphatic heterocycles. The molecular weight excluding hydrogens is 452 g/mol. The number of carbonyl (C=O) groups is 3. The summed E-state index contributed by atoms with van der Waals surface area (Å²) in [6.45, 7) is 12.6. The van der Waals surface area contributed by atoms with Crippen LogP contribution in [0, 0.1) is 5.92 Å². The summed E-state index contributed by atoms with van der Waals surface area (Å²) in [7, 11) is 1.52. The van der Waals surface area contributed by atoms with E-state index in [0.717, 1.165) is 0 Å². The van der Waals surface area contributed by atoms with Crippen LogP contribution in [0.5, 0.6) is 11.5 Å². The van der Waals surface area contributed by atoms with Gasteiger partial charge in [-0.15, -0.1) is 0 Å². The van der Waals surface area contributed by atoms with Crippen molar-refractivity contribution in [3.8, 4) is 11.5 Å². The van der Waals surface area contributed by atoms with Crippen molar-refractivity contribution >= 4 is 17.9 Å². The van der Waals surface area contributed by atoms with E-state index in [4.69, 9.17) is 19.9 Å². The first kappa shape index (κ1) is 28.2. The summed E-state index contributed by atoms with van der Waals surface area (Å²) in [6.07, 6.45) is -0.394. The van der Waals surface area contributed by atoms with E-state index >= 15 is 0 Å². The van der Waals surface area contributed by atoms with Crippen molar-refractivity contribution in [1.82, 2.24) is 15.1 Å². The van der Waals surface area contributed by atoms with Crippen LogP contribution in [0.3, 0.4) is 0 Å². The van der Waals surface area contributed by atoms with Gasteiger partial charge in [-0.05, 0) is 52.8 Å².